The molecule has 0 aromatic heterocycles. The molecule has 1 heterocycles. The van der Waals surface area contributed by atoms with E-state index in [2.05, 4.69) is 31.8 Å². The van der Waals surface area contributed by atoms with Gasteiger partial charge in [-0.3, -0.25) is 9.59 Å². The fraction of sp³-hybridized carbons (Fsp3) is 0.276. The highest BCUT2D eigenvalue weighted by atomic mass is 79.9. The SMILES string of the molecule is CCOc1cc(/C=N/NC(=O)C(NC(=O)c2ccc3c(c2)OCO3)C(C)C)ccc1OCc1ccc(Br)cc1. The van der Waals surface area contributed by atoms with Crippen molar-refractivity contribution in [1.29, 1.82) is 0 Å². The standard InChI is InChI=1S/C29H30BrN3O6/c1-4-36-25-13-20(7-11-23(25)37-16-19-5-9-22(30)10-6-19)15-31-33-29(35)27(18(2)3)32-28(34)21-8-12-24-26(14-21)39-17-38-24/h5-15,18,27H,4,16-17H2,1-3H3,(H,32,34)(H,33,35)/b31-15+. The highest BCUT2D eigenvalue weighted by Crippen LogP contribution is 2.32. The van der Waals surface area contributed by atoms with Gasteiger partial charge in [0.1, 0.15) is 12.6 Å². The first-order valence-corrected chi connectivity index (χ1v) is 13.3. The molecule has 3 aromatic carbocycles. The second-order valence-electron chi connectivity index (χ2n) is 9.05. The van der Waals surface area contributed by atoms with Crippen LogP contribution in [-0.4, -0.2) is 37.5 Å². The lowest BCUT2D eigenvalue weighted by atomic mass is 10.0. The minimum absolute atomic E-state index is 0.114. The molecule has 0 saturated carbocycles. The number of halogens is 1. The second-order valence-corrected chi connectivity index (χ2v) is 9.97. The molecule has 9 nitrogen and oxygen atoms in total. The maximum Gasteiger partial charge on any atom is 0.262 e. The average Bonchev–Trinajstić information content (AvgIpc) is 3.40. The number of hydrazone groups is 1. The molecule has 204 valence electrons. The summed E-state index contributed by atoms with van der Waals surface area (Å²) in [4.78, 5) is 25.7. The van der Waals surface area contributed by atoms with Gasteiger partial charge in [-0.1, -0.05) is 41.9 Å². The summed E-state index contributed by atoms with van der Waals surface area (Å²) in [5.41, 5.74) is 4.63. The fourth-order valence-corrected chi connectivity index (χ4v) is 4.04. The van der Waals surface area contributed by atoms with Gasteiger partial charge < -0.3 is 24.3 Å². The Balaban J connectivity index is 1.37. The Morgan fingerprint density at radius 3 is 2.51 bits per heavy atom. The van der Waals surface area contributed by atoms with Gasteiger partial charge in [0.25, 0.3) is 11.8 Å². The van der Waals surface area contributed by atoms with Crippen LogP contribution in [0, 0.1) is 5.92 Å². The van der Waals surface area contributed by atoms with Crippen LogP contribution in [0.15, 0.2) is 70.2 Å². The molecular formula is C29H30BrN3O6. The fourth-order valence-electron chi connectivity index (χ4n) is 3.77. The molecule has 39 heavy (non-hydrogen) atoms. The van der Waals surface area contributed by atoms with Crippen LogP contribution in [0.5, 0.6) is 23.0 Å². The lowest BCUT2D eigenvalue weighted by Crippen LogP contribution is -2.48. The Morgan fingerprint density at radius 1 is 1.00 bits per heavy atom. The van der Waals surface area contributed by atoms with Gasteiger partial charge in [-0.25, -0.2) is 5.43 Å². The number of fused-ring (bicyclic) bond motifs is 1. The van der Waals surface area contributed by atoms with Crippen molar-refractivity contribution in [2.75, 3.05) is 13.4 Å². The number of benzene rings is 3. The summed E-state index contributed by atoms with van der Waals surface area (Å²) in [6.45, 7) is 6.55. The average molecular weight is 596 g/mol. The zero-order chi connectivity index (χ0) is 27.8. The Bertz CT molecular complexity index is 1340. The predicted molar refractivity (Wildman–Crippen MR) is 150 cm³/mol. The van der Waals surface area contributed by atoms with E-state index in [1.54, 1.807) is 30.3 Å². The number of nitrogens with one attached hydrogen (secondary N) is 2. The summed E-state index contributed by atoms with van der Waals surface area (Å²) >= 11 is 3.43. The molecular weight excluding hydrogens is 566 g/mol. The van der Waals surface area contributed by atoms with Crippen LogP contribution in [0.25, 0.3) is 0 Å². The first-order chi connectivity index (χ1) is 18.8. The number of hydrogen-bond donors (Lipinski definition) is 2. The molecule has 10 heteroatoms. The quantitative estimate of drug-likeness (QED) is 0.237. The van der Waals surface area contributed by atoms with Gasteiger partial charge in [0, 0.05) is 10.0 Å². The number of hydrogen-bond acceptors (Lipinski definition) is 7. The third kappa shape index (κ3) is 7.51. The zero-order valence-corrected chi connectivity index (χ0v) is 23.5. The van der Waals surface area contributed by atoms with Crippen LogP contribution in [0.3, 0.4) is 0 Å². The van der Waals surface area contributed by atoms with Crippen molar-refractivity contribution in [1.82, 2.24) is 10.7 Å². The summed E-state index contributed by atoms with van der Waals surface area (Å²) in [5.74, 6) is 1.24. The van der Waals surface area contributed by atoms with Gasteiger partial charge in [-0.2, -0.15) is 5.10 Å². The predicted octanol–water partition coefficient (Wildman–Crippen LogP) is 5.06. The van der Waals surface area contributed by atoms with Crippen LogP contribution >= 0.6 is 15.9 Å². The maximum atomic E-state index is 12.9. The summed E-state index contributed by atoms with van der Waals surface area (Å²) in [5, 5.41) is 6.87. The van der Waals surface area contributed by atoms with Crippen molar-refractivity contribution >= 4 is 34.0 Å². The van der Waals surface area contributed by atoms with E-state index in [0.717, 1.165) is 10.0 Å². The molecule has 0 fully saturated rings. The summed E-state index contributed by atoms with van der Waals surface area (Å²) in [6.07, 6.45) is 1.51. The van der Waals surface area contributed by atoms with E-state index in [9.17, 15) is 9.59 Å². The molecule has 4 rings (SSSR count). The first kappa shape index (κ1) is 28.0. The van der Waals surface area contributed by atoms with Crippen LogP contribution in [0.4, 0.5) is 0 Å². The van der Waals surface area contributed by atoms with Gasteiger partial charge in [0.05, 0.1) is 12.8 Å². The Labute approximate surface area is 235 Å². The molecule has 0 spiro atoms. The van der Waals surface area contributed by atoms with E-state index in [1.807, 2.05) is 51.1 Å². The molecule has 1 aliphatic heterocycles. The van der Waals surface area contributed by atoms with Crippen LogP contribution < -0.4 is 29.7 Å². The summed E-state index contributed by atoms with van der Waals surface area (Å²) in [6, 6.07) is 17.4. The van der Waals surface area contributed by atoms with Gasteiger partial charge in [0.2, 0.25) is 6.79 Å². The summed E-state index contributed by atoms with van der Waals surface area (Å²) in [7, 11) is 0. The minimum atomic E-state index is -0.798. The molecule has 0 bridgehead atoms. The van der Waals surface area contributed by atoms with Crippen LogP contribution in [0.2, 0.25) is 0 Å². The number of nitrogens with zero attached hydrogens (tertiary/aromatic N) is 1. The first-order valence-electron chi connectivity index (χ1n) is 12.5. The van der Waals surface area contributed by atoms with Crippen molar-refractivity contribution in [3.8, 4) is 23.0 Å². The number of carbonyl (C=O) groups excluding carboxylic acids is 2. The van der Waals surface area contributed by atoms with Crippen molar-refractivity contribution < 1.29 is 28.5 Å². The number of ether oxygens (including phenoxy) is 4. The van der Waals surface area contributed by atoms with Crippen LogP contribution in [-0.2, 0) is 11.4 Å². The third-order valence-corrected chi connectivity index (χ3v) is 6.36. The molecule has 2 N–H and O–H groups in total. The molecule has 1 atom stereocenters. The Morgan fingerprint density at radius 2 is 1.77 bits per heavy atom. The largest absolute Gasteiger partial charge is 0.490 e. The van der Waals surface area contributed by atoms with Gasteiger partial charge in [-0.15, -0.1) is 0 Å². The van der Waals surface area contributed by atoms with Gasteiger partial charge in [0.15, 0.2) is 23.0 Å². The monoisotopic (exact) mass is 595 g/mol. The zero-order valence-electron chi connectivity index (χ0n) is 21.9. The van der Waals surface area contributed by atoms with Gasteiger partial charge in [-0.05, 0) is 72.5 Å². The molecule has 0 aliphatic carbocycles. The van der Waals surface area contributed by atoms with E-state index < -0.39 is 17.9 Å². The lowest BCUT2D eigenvalue weighted by molar-refractivity contribution is -0.123. The van der Waals surface area contributed by atoms with E-state index in [4.69, 9.17) is 18.9 Å². The van der Waals surface area contributed by atoms with E-state index >= 15 is 0 Å². The number of rotatable bonds is 11. The van der Waals surface area contributed by atoms with Crippen molar-refractivity contribution in [2.45, 2.75) is 33.4 Å². The molecule has 2 amide bonds. The molecule has 0 saturated heterocycles. The molecule has 0 radical (unpaired) electrons. The topological polar surface area (TPSA) is 107 Å². The number of amides is 2. The maximum absolute atomic E-state index is 12.9. The molecule has 1 unspecified atom stereocenters. The molecule has 3 aromatic rings. The smallest absolute Gasteiger partial charge is 0.262 e. The minimum Gasteiger partial charge on any atom is -0.490 e. The van der Waals surface area contributed by atoms with Crippen molar-refractivity contribution in [3.63, 3.8) is 0 Å². The lowest BCUT2D eigenvalue weighted by Gasteiger charge is -2.20. The highest BCUT2D eigenvalue weighted by Gasteiger charge is 2.25. The van der Waals surface area contributed by atoms with Gasteiger partial charge >= 0.3 is 0 Å². The normalized spacial score (nSPS) is 12.8. The highest BCUT2D eigenvalue weighted by molar-refractivity contribution is 9.10. The summed E-state index contributed by atoms with van der Waals surface area (Å²) < 4.78 is 23.3. The Kier molecular flexibility index (Phi) is 9.43. The third-order valence-electron chi connectivity index (χ3n) is 5.83. The van der Waals surface area contributed by atoms with Crippen molar-refractivity contribution in [3.05, 3.63) is 81.8 Å². The second kappa shape index (κ2) is 13.1. The van der Waals surface area contributed by atoms with E-state index in [-0.39, 0.29) is 12.7 Å². The van der Waals surface area contributed by atoms with Crippen molar-refractivity contribution in [2.24, 2.45) is 11.0 Å². The van der Waals surface area contributed by atoms with E-state index in [0.29, 0.717) is 47.3 Å². The van der Waals surface area contributed by atoms with E-state index in [1.165, 1.54) is 6.21 Å². The molecule has 1 aliphatic rings. The van der Waals surface area contributed by atoms with Crippen LogP contribution in [0.1, 0.15) is 42.3 Å². The Hall–Kier alpha value is -4.05. The number of carbonyl (C=O) groups is 2.